The van der Waals surface area contributed by atoms with Crippen molar-refractivity contribution in [1.29, 1.82) is 0 Å². The van der Waals surface area contributed by atoms with Crippen molar-refractivity contribution in [3.05, 3.63) is 99.6 Å². The van der Waals surface area contributed by atoms with Gasteiger partial charge in [0, 0.05) is 16.1 Å². The number of hydrogen-bond acceptors (Lipinski definition) is 4. The third-order valence-corrected chi connectivity index (χ3v) is 5.80. The summed E-state index contributed by atoms with van der Waals surface area (Å²) in [5, 5.41) is 11.9. The van der Waals surface area contributed by atoms with E-state index < -0.39 is 0 Å². The van der Waals surface area contributed by atoms with Gasteiger partial charge in [0.05, 0.1) is 18.0 Å². The molecule has 4 rings (SSSR count). The van der Waals surface area contributed by atoms with Crippen LogP contribution in [0.3, 0.4) is 0 Å². The number of para-hydroxylation sites is 1. The third-order valence-electron chi connectivity index (χ3n) is 4.73. The van der Waals surface area contributed by atoms with Gasteiger partial charge in [-0.2, -0.15) is 5.10 Å². The van der Waals surface area contributed by atoms with E-state index in [9.17, 15) is 0 Å². The minimum atomic E-state index is 0. The van der Waals surface area contributed by atoms with Crippen LogP contribution < -0.4 is 9.54 Å². The van der Waals surface area contributed by atoms with Crippen molar-refractivity contribution in [2.75, 3.05) is 6.61 Å². The Bertz CT molecular complexity index is 1250. The van der Waals surface area contributed by atoms with Gasteiger partial charge in [0.1, 0.15) is 5.75 Å². The van der Waals surface area contributed by atoms with Gasteiger partial charge in [-0.3, -0.25) is 4.57 Å². The number of rotatable bonds is 6. The van der Waals surface area contributed by atoms with Crippen molar-refractivity contribution >= 4 is 45.6 Å². The fourth-order valence-electron chi connectivity index (χ4n) is 3.16. The first-order valence-corrected chi connectivity index (χ1v) is 11.2. The summed E-state index contributed by atoms with van der Waals surface area (Å²) in [5.41, 5.74) is 4.99. The van der Waals surface area contributed by atoms with Crippen molar-refractivity contribution < 1.29 is 4.74 Å². The molecule has 0 bridgehead atoms. The van der Waals surface area contributed by atoms with E-state index in [4.69, 9.17) is 16.3 Å². The molecule has 0 saturated heterocycles. The molecule has 0 aliphatic heterocycles. The van der Waals surface area contributed by atoms with Crippen molar-refractivity contribution in [3.8, 4) is 22.7 Å². The molecule has 0 aliphatic rings. The van der Waals surface area contributed by atoms with Gasteiger partial charge >= 0.3 is 0 Å². The average Bonchev–Trinajstić information content (AvgIpc) is 3.23. The topological polar surface area (TPSA) is 38.9 Å². The Morgan fingerprint density at radius 2 is 1.66 bits per heavy atom. The first kappa shape index (κ1) is 24.0. The van der Waals surface area contributed by atoms with Crippen LogP contribution in [0.4, 0.5) is 0 Å². The van der Waals surface area contributed by atoms with E-state index in [1.165, 1.54) is 0 Å². The quantitative estimate of drug-likeness (QED) is 0.193. The van der Waals surface area contributed by atoms with Gasteiger partial charge < -0.3 is 4.74 Å². The molecule has 0 N–H and O–H groups in total. The molecule has 7 heteroatoms. The standard InChI is InChI=1S/C25H22ClN3OS.BrH/c1-3-30-23-15-11-20(12-16-23)24-17-31-25(29(24)22-7-5-4-6-8-22)28-27-18(2)19-9-13-21(26)14-10-19;/h4-17H,3H2,1-2H3;1H/b27-18+,28-25-;. The zero-order chi connectivity index (χ0) is 21.6. The number of aromatic nitrogens is 1. The number of nitrogens with zero attached hydrogens (tertiary/aromatic N) is 3. The van der Waals surface area contributed by atoms with Crippen LogP contribution >= 0.6 is 39.9 Å². The fourth-order valence-corrected chi connectivity index (χ4v) is 4.15. The maximum Gasteiger partial charge on any atom is 0.215 e. The van der Waals surface area contributed by atoms with Gasteiger partial charge in [0.15, 0.2) is 0 Å². The largest absolute Gasteiger partial charge is 0.494 e. The number of benzene rings is 3. The van der Waals surface area contributed by atoms with E-state index in [1.807, 2.05) is 68.4 Å². The summed E-state index contributed by atoms with van der Waals surface area (Å²) < 4.78 is 7.71. The SMILES string of the molecule is Br.CCOc1ccc(-c2cs/c(=N\N=C(/C)c3ccc(Cl)cc3)n2-c2ccccc2)cc1. The Balaban J connectivity index is 0.00000289. The van der Waals surface area contributed by atoms with Gasteiger partial charge in [-0.15, -0.1) is 33.4 Å². The summed E-state index contributed by atoms with van der Waals surface area (Å²) in [7, 11) is 0. The second kappa shape index (κ2) is 11.3. The summed E-state index contributed by atoms with van der Waals surface area (Å²) in [6, 6.07) is 25.9. The summed E-state index contributed by atoms with van der Waals surface area (Å²) >= 11 is 7.55. The lowest BCUT2D eigenvalue weighted by Gasteiger charge is -2.10. The third kappa shape index (κ3) is 5.57. The summed E-state index contributed by atoms with van der Waals surface area (Å²) in [6.45, 7) is 4.58. The monoisotopic (exact) mass is 527 g/mol. The van der Waals surface area contributed by atoms with Crippen molar-refractivity contribution in [3.63, 3.8) is 0 Å². The Labute approximate surface area is 207 Å². The predicted octanol–water partition coefficient (Wildman–Crippen LogP) is 7.16. The lowest BCUT2D eigenvalue weighted by Crippen LogP contribution is -2.13. The Morgan fingerprint density at radius 1 is 0.969 bits per heavy atom. The van der Waals surface area contributed by atoms with Crippen LogP contribution in [0, 0.1) is 0 Å². The molecule has 0 radical (unpaired) electrons. The zero-order valence-corrected chi connectivity index (χ0v) is 21.0. The molecule has 32 heavy (non-hydrogen) atoms. The molecule has 0 amide bonds. The van der Waals surface area contributed by atoms with Crippen molar-refractivity contribution in [1.82, 2.24) is 4.57 Å². The highest BCUT2D eigenvalue weighted by Crippen LogP contribution is 2.25. The molecular formula is C25H23BrClN3OS. The average molecular weight is 529 g/mol. The second-order valence-electron chi connectivity index (χ2n) is 6.82. The molecule has 3 aromatic carbocycles. The van der Waals surface area contributed by atoms with Gasteiger partial charge in [0.25, 0.3) is 0 Å². The van der Waals surface area contributed by atoms with E-state index in [0.29, 0.717) is 11.6 Å². The molecule has 4 nitrogen and oxygen atoms in total. The molecule has 4 aromatic rings. The molecule has 1 aromatic heterocycles. The lowest BCUT2D eigenvalue weighted by molar-refractivity contribution is 0.340. The highest BCUT2D eigenvalue weighted by atomic mass is 79.9. The van der Waals surface area contributed by atoms with E-state index >= 15 is 0 Å². The minimum absolute atomic E-state index is 0. The summed E-state index contributed by atoms with van der Waals surface area (Å²) in [4.78, 5) is 0.795. The molecule has 0 saturated carbocycles. The maximum absolute atomic E-state index is 5.99. The summed E-state index contributed by atoms with van der Waals surface area (Å²) in [5.74, 6) is 0.862. The predicted molar refractivity (Wildman–Crippen MR) is 140 cm³/mol. The summed E-state index contributed by atoms with van der Waals surface area (Å²) in [6.07, 6.45) is 0. The highest BCUT2D eigenvalue weighted by molar-refractivity contribution is 8.93. The maximum atomic E-state index is 5.99. The van der Waals surface area contributed by atoms with Gasteiger partial charge in [0.2, 0.25) is 4.80 Å². The van der Waals surface area contributed by atoms with E-state index in [0.717, 1.165) is 38.8 Å². The van der Waals surface area contributed by atoms with Crippen LogP contribution in [0.5, 0.6) is 5.75 Å². The lowest BCUT2D eigenvalue weighted by atomic mass is 10.1. The van der Waals surface area contributed by atoms with Gasteiger partial charge in [-0.05, 0) is 73.5 Å². The molecule has 1 heterocycles. The van der Waals surface area contributed by atoms with Gasteiger partial charge in [-0.25, -0.2) is 0 Å². The number of hydrogen-bond donors (Lipinski definition) is 0. The second-order valence-corrected chi connectivity index (χ2v) is 8.10. The molecular weight excluding hydrogens is 506 g/mol. The molecule has 0 spiro atoms. The first-order valence-electron chi connectivity index (χ1n) is 9.99. The van der Waals surface area contributed by atoms with Crippen LogP contribution in [0.1, 0.15) is 19.4 Å². The fraction of sp³-hybridized carbons (Fsp3) is 0.120. The van der Waals surface area contributed by atoms with Gasteiger partial charge in [-0.1, -0.05) is 41.9 Å². The highest BCUT2D eigenvalue weighted by Gasteiger charge is 2.10. The Kier molecular flexibility index (Phi) is 8.45. The minimum Gasteiger partial charge on any atom is -0.494 e. The van der Waals surface area contributed by atoms with Crippen LogP contribution in [0.15, 0.2) is 94.4 Å². The number of halogens is 2. The molecule has 0 fully saturated rings. The zero-order valence-electron chi connectivity index (χ0n) is 17.7. The molecule has 0 atom stereocenters. The molecule has 164 valence electrons. The smallest absolute Gasteiger partial charge is 0.215 e. The normalized spacial score (nSPS) is 11.8. The number of ether oxygens (including phenoxy) is 1. The Hall–Kier alpha value is -2.67. The van der Waals surface area contributed by atoms with Crippen LogP contribution in [-0.4, -0.2) is 16.9 Å². The molecule has 0 unspecified atom stereocenters. The van der Waals surface area contributed by atoms with E-state index in [1.54, 1.807) is 11.3 Å². The Morgan fingerprint density at radius 3 is 2.31 bits per heavy atom. The van der Waals surface area contributed by atoms with Crippen LogP contribution in [0.2, 0.25) is 5.02 Å². The number of thiazole rings is 1. The first-order chi connectivity index (χ1) is 15.2. The molecule has 0 aliphatic carbocycles. The van der Waals surface area contributed by atoms with Crippen molar-refractivity contribution in [2.45, 2.75) is 13.8 Å². The van der Waals surface area contributed by atoms with Crippen molar-refractivity contribution in [2.24, 2.45) is 10.2 Å². The van der Waals surface area contributed by atoms with E-state index in [-0.39, 0.29) is 17.0 Å². The van der Waals surface area contributed by atoms with Crippen LogP contribution in [-0.2, 0) is 0 Å². The van der Waals surface area contributed by atoms with E-state index in [2.05, 4.69) is 44.4 Å². The van der Waals surface area contributed by atoms with Crippen LogP contribution in [0.25, 0.3) is 16.9 Å².